The van der Waals surface area contributed by atoms with Gasteiger partial charge in [-0.05, 0) is 74.6 Å². The molecule has 0 aromatic heterocycles. The third-order valence-electron chi connectivity index (χ3n) is 6.66. The minimum atomic E-state index is -0.258. The van der Waals surface area contributed by atoms with Crippen LogP contribution >= 0.6 is 12.2 Å². The Hall–Kier alpha value is -4.39. The molecule has 2 aliphatic heterocycles. The molecule has 0 aliphatic carbocycles. The molecule has 0 radical (unpaired) electrons. The zero-order valence-corrected chi connectivity index (χ0v) is 27.2. The van der Waals surface area contributed by atoms with Gasteiger partial charge in [0.05, 0.1) is 52.0 Å². The van der Waals surface area contributed by atoms with E-state index in [9.17, 15) is 9.59 Å². The smallest absolute Gasteiger partial charge is 0.257 e. The Morgan fingerprint density at radius 3 is 1.76 bits per heavy atom. The molecule has 5 rings (SSSR count). The minimum absolute atomic E-state index is 0.167. The maximum atomic E-state index is 12.2. The number of Topliss-reactive ketones (excluding diaryl/α,β-unsaturated/α-hetero) is 1. The van der Waals surface area contributed by atoms with E-state index in [2.05, 4.69) is 20.4 Å². The Morgan fingerprint density at radius 2 is 1.27 bits per heavy atom. The van der Waals surface area contributed by atoms with Crippen LogP contribution < -0.4 is 35.6 Å². The topological polar surface area (TPSA) is 128 Å². The average Bonchev–Trinajstić information content (AvgIpc) is 3.06. The lowest BCUT2D eigenvalue weighted by molar-refractivity contribution is -0.115. The highest BCUT2D eigenvalue weighted by Gasteiger charge is 2.15. The predicted molar refractivity (Wildman–Crippen MR) is 183 cm³/mol. The van der Waals surface area contributed by atoms with E-state index in [1.54, 1.807) is 38.5 Å². The molecule has 0 spiro atoms. The van der Waals surface area contributed by atoms with Crippen LogP contribution in [0, 0.1) is 0 Å². The van der Waals surface area contributed by atoms with E-state index in [1.807, 2.05) is 42.5 Å². The molecule has 2 fully saturated rings. The van der Waals surface area contributed by atoms with Gasteiger partial charge in [0.2, 0.25) is 0 Å². The number of nitrogens with two attached hydrogens (primary N) is 1. The number of nitrogens with one attached hydrogen (secondary N) is 2. The first-order chi connectivity index (χ1) is 21.7. The fourth-order valence-electron chi connectivity index (χ4n) is 4.47. The molecule has 0 bridgehead atoms. The van der Waals surface area contributed by atoms with Gasteiger partial charge in [-0.15, -0.1) is 0 Å². The molecule has 3 aromatic rings. The SMILES string of the molecule is CC(C)=O.COc1ccc(N2CCOCC2)cc1N.COc1ccc(N2CCOCC2)cc1NC(=S)NC(=O)c1ccccc1. The van der Waals surface area contributed by atoms with E-state index in [0.717, 1.165) is 56.5 Å². The van der Waals surface area contributed by atoms with E-state index in [-0.39, 0.29) is 16.8 Å². The average molecular weight is 638 g/mol. The lowest BCUT2D eigenvalue weighted by Gasteiger charge is -2.29. The maximum absolute atomic E-state index is 12.2. The number of ether oxygens (including phenoxy) is 4. The van der Waals surface area contributed by atoms with Crippen molar-refractivity contribution >= 4 is 51.8 Å². The summed E-state index contributed by atoms with van der Waals surface area (Å²) in [6.45, 7) is 9.55. The van der Waals surface area contributed by atoms with Crippen LogP contribution in [-0.2, 0) is 14.3 Å². The maximum Gasteiger partial charge on any atom is 0.257 e. The lowest BCUT2D eigenvalue weighted by Crippen LogP contribution is -2.36. The van der Waals surface area contributed by atoms with E-state index in [0.29, 0.717) is 35.9 Å². The standard InChI is InChI=1S/C19H21N3O3S.C11H16N2O2.C3H6O/c1-24-17-8-7-15(22-9-11-25-12-10-22)13-16(17)20-19(26)21-18(23)14-5-3-2-4-6-14;1-14-11-3-2-9(8-10(11)12)13-4-6-15-7-5-13;1-3(2)4/h2-8,13H,9-12H2,1H3,(H2,20,21,23,26);2-3,8H,4-7,12H2,1H3;1-2H3. The number of thiocarbonyl (C=S) groups is 1. The highest BCUT2D eigenvalue weighted by Crippen LogP contribution is 2.30. The van der Waals surface area contributed by atoms with Gasteiger partial charge in [0.1, 0.15) is 17.3 Å². The second-order valence-corrected chi connectivity index (χ2v) is 10.6. The zero-order valence-electron chi connectivity index (χ0n) is 26.3. The lowest BCUT2D eigenvalue weighted by atomic mass is 10.2. The molecule has 0 atom stereocenters. The number of rotatable bonds is 6. The molecule has 11 nitrogen and oxygen atoms in total. The van der Waals surface area contributed by atoms with Crippen molar-refractivity contribution in [1.29, 1.82) is 0 Å². The highest BCUT2D eigenvalue weighted by atomic mass is 32.1. The molecule has 242 valence electrons. The zero-order chi connectivity index (χ0) is 32.6. The number of amides is 1. The van der Waals surface area contributed by atoms with Gasteiger partial charge in [-0.3, -0.25) is 10.1 Å². The van der Waals surface area contributed by atoms with Crippen LogP contribution in [0.2, 0.25) is 0 Å². The monoisotopic (exact) mass is 637 g/mol. The van der Waals surface area contributed by atoms with Gasteiger partial charge >= 0.3 is 0 Å². The molecule has 2 aliphatic rings. The number of carbonyl (C=O) groups excluding carboxylic acids is 2. The summed E-state index contributed by atoms with van der Waals surface area (Å²) < 4.78 is 21.2. The number of nitrogen functional groups attached to an aromatic ring is 1. The second kappa shape index (κ2) is 18.4. The summed E-state index contributed by atoms with van der Waals surface area (Å²) in [5, 5.41) is 5.96. The van der Waals surface area contributed by atoms with Crippen molar-refractivity contribution in [2.24, 2.45) is 0 Å². The van der Waals surface area contributed by atoms with Gasteiger partial charge in [-0.25, -0.2) is 0 Å². The predicted octanol–water partition coefficient (Wildman–Crippen LogP) is 4.37. The van der Waals surface area contributed by atoms with Crippen LogP contribution in [0.15, 0.2) is 66.7 Å². The van der Waals surface area contributed by atoms with E-state index in [4.69, 9.17) is 36.9 Å². The van der Waals surface area contributed by atoms with Gasteiger partial charge in [0.15, 0.2) is 5.11 Å². The third-order valence-corrected chi connectivity index (χ3v) is 6.86. The van der Waals surface area contributed by atoms with E-state index >= 15 is 0 Å². The Kier molecular flexibility index (Phi) is 14.4. The van der Waals surface area contributed by atoms with Crippen LogP contribution in [0.25, 0.3) is 0 Å². The van der Waals surface area contributed by atoms with Crippen LogP contribution in [0.3, 0.4) is 0 Å². The van der Waals surface area contributed by atoms with Gasteiger partial charge in [-0.1, -0.05) is 18.2 Å². The summed E-state index contributed by atoms with van der Waals surface area (Å²) in [4.78, 5) is 26.2. The number of ketones is 1. The van der Waals surface area contributed by atoms with Crippen molar-refractivity contribution in [3.8, 4) is 11.5 Å². The highest BCUT2D eigenvalue weighted by molar-refractivity contribution is 7.80. The normalized spacial score (nSPS) is 14.0. The molecule has 45 heavy (non-hydrogen) atoms. The fraction of sp³-hybridized carbons (Fsp3) is 0.364. The number of benzene rings is 3. The second-order valence-electron chi connectivity index (χ2n) is 10.2. The van der Waals surface area contributed by atoms with E-state index in [1.165, 1.54) is 13.8 Å². The molecular formula is C33H43N5O6S. The van der Waals surface area contributed by atoms with Crippen LogP contribution in [0.4, 0.5) is 22.7 Å². The molecule has 12 heteroatoms. The number of anilines is 4. The Bertz CT molecular complexity index is 1390. The summed E-state index contributed by atoms with van der Waals surface area (Å²) in [5.74, 6) is 1.29. The number of nitrogens with zero attached hydrogens (tertiary/aromatic N) is 2. The van der Waals surface area contributed by atoms with Gasteiger partial charge < -0.3 is 44.6 Å². The molecule has 3 aromatic carbocycles. The molecule has 4 N–H and O–H groups in total. The first kappa shape index (κ1) is 35.1. The summed E-state index contributed by atoms with van der Waals surface area (Å²) in [6, 6.07) is 20.7. The largest absolute Gasteiger partial charge is 0.495 e. The molecular weight excluding hydrogens is 594 g/mol. The van der Waals surface area contributed by atoms with Crippen molar-refractivity contribution in [3.05, 3.63) is 72.3 Å². The van der Waals surface area contributed by atoms with Gasteiger partial charge in [-0.2, -0.15) is 0 Å². The number of methoxy groups -OCH3 is 2. The third kappa shape index (κ3) is 11.6. The molecule has 0 unspecified atom stereocenters. The molecule has 2 saturated heterocycles. The van der Waals surface area contributed by atoms with Crippen LogP contribution in [0.1, 0.15) is 24.2 Å². The summed E-state index contributed by atoms with van der Waals surface area (Å²) in [5.41, 5.74) is 9.97. The van der Waals surface area contributed by atoms with Gasteiger partial charge in [0, 0.05) is 43.1 Å². The fourth-order valence-corrected chi connectivity index (χ4v) is 4.67. The van der Waals surface area contributed by atoms with Crippen molar-refractivity contribution < 1.29 is 28.5 Å². The molecule has 1 amide bonds. The summed E-state index contributed by atoms with van der Waals surface area (Å²) in [6.07, 6.45) is 0. The number of carbonyl (C=O) groups is 2. The first-order valence-corrected chi connectivity index (χ1v) is 15.0. The Balaban J connectivity index is 0.000000244. The quantitative estimate of drug-likeness (QED) is 0.263. The van der Waals surface area contributed by atoms with Crippen LogP contribution in [-0.4, -0.2) is 83.6 Å². The summed E-state index contributed by atoms with van der Waals surface area (Å²) in [7, 11) is 3.22. The van der Waals surface area contributed by atoms with Crippen molar-refractivity contribution in [3.63, 3.8) is 0 Å². The number of hydrogen-bond acceptors (Lipinski definition) is 10. The van der Waals surface area contributed by atoms with Crippen molar-refractivity contribution in [1.82, 2.24) is 5.32 Å². The number of hydrogen-bond donors (Lipinski definition) is 3. The van der Waals surface area contributed by atoms with Crippen LogP contribution in [0.5, 0.6) is 11.5 Å². The minimum Gasteiger partial charge on any atom is -0.495 e. The Labute approximate surface area is 270 Å². The molecule has 2 heterocycles. The first-order valence-electron chi connectivity index (χ1n) is 14.6. The van der Waals surface area contributed by atoms with Crippen molar-refractivity contribution in [2.45, 2.75) is 13.8 Å². The molecule has 0 saturated carbocycles. The van der Waals surface area contributed by atoms with Crippen molar-refractivity contribution in [2.75, 3.05) is 87.7 Å². The Morgan fingerprint density at radius 1 is 0.778 bits per heavy atom. The summed E-state index contributed by atoms with van der Waals surface area (Å²) >= 11 is 5.29. The van der Waals surface area contributed by atoms with Gasteiger partial charge in [0.25, 0.3) is 5.91 Å². The van der Waals surface area contributed by atoms with E-state index < -0.39 is 0 Å². The number of morpholine rings is 2.